The molecular formula is C20H23ClN2O2. The second kappa shape index (κ2) is 8.48. The van der Waals surface area contributed by atoms with Crippen LogP contribution in [-0.4, -0.2) is 47.5 Å². The number of halogens is 1. The molecule has 4 nitrogen and oxygen atoms in total. The molecule has 0 bridgehead atoms. The molecule has 0 radical (unpaired) electrons. The summed E-state index contributed by atoms with van der Waals surface area (Å²) < 4.78 is 0. The smallest absolute Gasteiger partial charge is 0.251 e. The van der Waals surface area contributed by atoms with Crippen LogP contribution < -0.4 is 5.32 Å². The van der Waals surface area contributed by atoms with E-state index in [4.69, 9.17) is 11.6 Å². The van der Waals surface area contributed by atoms with E-state index in [0.717, 1.165) is 13.0 Å². The van der Waals surface area contributed by atoms with E-state index in [1.165, 1.54) is 11.1 Å². The maximum Gasteiger partial charge on any atom is 0.251 e. The molecule has 2 unspecified atom stereocenters. The number of aliphatic hydroxyl groups excluding tert-OH is 1. The summed E-state index contributed by atoms with van der Waals surface area (Å²) in [6.45, 7) is 1.85. The molecule has 0 saturated carbocycles. The van der Waals surface area contributed by atoms with Gasteiger partial charge in [-0.25, -0.2) is 0 Å². The lowest BCUT2D eigenvalue weighted by Crippen LogP contribution is -2.45. The van der Waals surface area contributed by atoms with Crippen molar-refractivity contribution in [2.45, 2.75) is 18.6 Å². The number of aliphatic hydroxyl groups is 1. The Morgan fingerprint density at radius 1 is 1.20 bits per heavy atom. The summed E-state index contributed by atoms with van der Waals surface area (Å²) in [5, 5.41) is 13.0. The fraction of sp³-hybridized carbons (Fsp3) is 0.350. The number of carbonyl (C=O) groups is 1. The van der Waals surface area contributed by atoms with Crippen molar-refractivity contribution in [3.8, 4) is 0 Å². The Labute approximate surface area is 153 Å². The highest BCUT2D eigenvalue weighted by Gasteiger charge is 2.28. The van der Waals surface area contributed by atoms with Gasteiger partial charge in [-0.2, -0.15) is 0 Å². The molecule has 132 valence electrons. The number of β-amino-alcohol motifs (C(OH)–C–C–N with tert-alkyl or cyclic N) is 1. The third-order valence-corrected chi connectivity index (χ3v) is 4.99. The van der Waals surface area contributed by atoms with Gasteiger partial charge in [0.25, 0.3) is 5.91 Å². The van der Waals surface area contributed by atoms with Crippen molar-refractivity contribution in [1.29, 1.82) is 0 Å². The summed E-state index contributed by atoms with van der Waals surface area (Å²) in [5.74, 6) is 0.128. The Hall–Kier alpha value is -1.88. The molecule has 1 heterocycles. The number of nitrogens with zero attached hydrogens (tertiary/aromatic N) is 1. The summed E-state index contributed by atoms with van der Waals surface area (Å²) in [7, 11) is 0. The van der Waals surface area contributed by atoms with Gasteiger partial charge in [0.1, 0.15) is 0 Å². The molecule has 0 aliphatic carbocycles. The number of benzene rings is 2. The molecule has 2 atom stereocenters. The summed E-state index contributed by atoms with van der Waals surface area (Å²) in [5.41, 5.74) is 3.17. The quantitative estimate of drug-likeness (QED) is 0.780. The van der Waals surface area contributed by atoms with Gasteiger partial charge >= 0.3 is 0 Å². The lowest BCUT2D eigenvalue weighted by atomic mass is 9.92. The van der Waals surface area contributed by atoms with E-state index < -0.39 is 6.10 Å². The summed E-state index contributed by atoms with van der Waals surface area (Å²) in [6.07, 6.45) is 0.369. The standard InChI is InChI=1S/C20H23ClN2O2/c21-12-17(24)14-23-11-10-15-6-4-5-9-18(15)19(23)13-22-20(25)16-7-2-1-3-8-16/h1-9,17,19,24H,10-14H2,(H,22,25). The van der Waals surface area contributed by atoms with Crippen LogP contribution in [0.4, 0.5) is 0 Å². The van der Waals surface area contributed by atoms with E-state index in [1.54, 1.807) is 12.1 Å². The van der Waals surface area contributed by atoms with E-state index >= 15 is 0 Å². The molecule has 0 saturated heterocycles. The molecule has 1 amide bonds. The average molecular weight is 359 g/mol. The molecule has 1 aliphatic heterocycles. The van der Waals surface area contributed by atoms with E-state index in [2.05, 4.69) is 22.3 Å². The third-order valence-electron chi connectivity index (χ3n) is 4.64. The van der Waals surface area contributed by atoms with Crippen molar-refractivity contribution in [3.05, 3.63) is 71.3 Å². The summed E-state index contributed by atoms with van der Waals surface area (Å²) in [6, 6.07) is 17.6. The molecule has 0 aromatic heterocycles. The van der Waals surface area contributed by atoms with Crippen molar-refractivity contribution in [3.63, 3.8) is 0 Å². The minimum atomic E-state index is -0.570. The highest BCUT2D eigenvalue weighted by Crippen LogP contribution is 2.29. The first kappa shape index (κ1) is 17.9. The summed E-state index contributed by atoms with van der Waals surface area (Å²) in [4.78, 5) is 14.6. The van der Waals surface area contributed by atoms with E-state index in [0.29, 0.717) is 18.7 Å². The van der Waals surface area contributed by atoms with Crippen LogP contribution in [0.1, 0.15) is 27.5 Å². The Kier molecular flexibility index (Phi) is 6.08. The average Bonchev–Trinajstić information content (AvgIpc) is 2.67. The first-order valence-electron chi connectivity index (χ1n) is 8.58. The van der Waals surface area contributed by atoms with E-state index in [1.807, 2.05) is 30.3 Å². The van der Waals surface area contributed by atoms with Gasteiger partial charge in [-0.05, 0) is 29.7 Å². The highest BCUT2D eigenvalue weighted by atomic mass is 35.5. The Bertz CT molecular complexity index is 708. The molecule has 25 heavy (non-hydrogen) atoms. The van der Waals surface area contributed by atoms with Crippen LogP contribution in [0.25, 0.3) is 0 Å². The van der Waals surface area contributed by atoms with Crippen molar-refractivity contribution >= 4 is 17.5 Å². The largest absolute Gasteiger partial charge is 0.391 e. The SMILES string of the molecule is O=C(NCC1c2ccccc2CCN1CC(O)CCl)c1ccccc1. The van der Waals surface area contributed by atoms with Crippen LogP contribution in [-0.2, 0) is 6.42 Å². The zero-order valence-electron chi connectivity index (χ0n) is 14.1. The van der Waals surface area contributed by atoms with Gasteiger partial charge in [-0.15, -0.1) is 11.6 Å². The van der Waals surface area contributed by atoms with Crippen LogP contribution in [0.3, 0.4) is 0 Å². The number of hydrogen-bond donors (Lipinski definition) is 2. The highest BCUT2D eigenvalue weighted by molar-refractivity contribution is 6.18. The number of alkyl halides is 1. The van der Waals surface area contributed by atoms with Crippen LogP contribution in [0, 0.1) is 0 Å². The van der Waals surface area contributed by atoms with Crippen LogP contribution in [0.15, 0.2) is 54.6 Å². The zero-order chi connectivity index (χ0) is 17.6. The predicted molar refractivity (Wildman–Crippen MR) is 100.0 cm³/mol. The molecule has 0 spiro atoms. The Morgan fingerprint density at radius 3 is 2.68 bits per heavy atom. The molecule has 3 rings (SSSR count). The second-order valence-electron chi connectivity index (χ2n) is 6.34. The first-order valence-corrected chi connectivity index (χ1v) is 9.11. The fourth-order valence-electron chi connectivity index (χ4n) is 3.36. The van der Waals surface area contributed by atoms with Crippen LogP contribution in [0.5, 0.6) is 0 Å². The molecule has 1 aliphatic rings. The second-order valence-corrected chi connectivity index (χ2v) is 6.65. The number of amides is 1. The number of fused-ring (bicyclic) bond motifs is 1. The fourth-order valence-corrected chi connectivity index (χ4v) is 3.46. The number of nitrogens with one attached hydrogen (secondary N) is 1. The van der Waals surface area contributed by atoms with Crippen molar-refractivity contribution in [2.24, 2.45) is 0 Å². The van der Waals surface area contributed by atoms with E-state index in [-0.39, 0.29) is 17.8 Å². The monoisotopic (exact) mass is 358 g/mol. The molecule has 2 aromatic rings. The number of rotatable bonds is 6. The van der Waals surface area contributed by atoms with Crippen LogP contribution in [0.2, 0.25) is 0 Å². The molecule has 2 aromatic carbocycles. The number of carbonyl (C=O) groups excluding carboxylic acids is 1. The van der Waals surface area contributed by atoms with Gasteiger partial charge in [0.2, 0.25) is 0 Å². The van der Waals surface area contributed by atoms with Gasteiger partial charge in [0.15, 0.2) is 0 Å². The van der Waals surface area contributed by atoms with Gasteiger partial charge in [-0.1, -0.05) is 42.5 Å². The van der Waals surface area contributed by atoms with Crippen molar-refractivity contribution < 1.29 is 9.90 Å². The van der Waals surface area contributed by atoms with Gasteiger partial charge in [0, 0.05) is 31.1 Å². The molecular weight excluding hydrogens is 336 g/mol. The van der Waals surface area contributed by atoms with E-state index in [9.17, 15) is 9.90 Å². The number of hydrogen-bond acceptors (Lipinski definition) is 3. The molecule has 5 heteroatoms. The summed E-state index contributed by atoms with van der Waals surface area (Å²) >= 11 is 5.78. The molecule has 2 N–H and O–H groups in total. The molecule has 0 fully saturated rings. The van der Waals surface area contributed by atoms with Gasteiger partial charge in [0.05, 0.1) is 12.1 Å². The minimum Gasteiger partial charge on any atom is -0.391 e. The zero-order valence-corrected chi connectivity index (χ0v) is 14.8. The Morgan fingerprint density at radius 2 is 1.92 bits per heavy atom. The van der Waals surface area contributed by atoms with Crippen LogP contribution >= 0.6 is 11.6 Å². The first-order chi connectivity index (χ1) is 12.2. The normalized spacial score (nSPS) is 18.4. The van der Waals surface area contributed by atoms with Gasteiger partial charge in [-0.3, -0.25) is 9.69 Å². The minimum absolute atomic E-state index is 0.0375. The third kappa shape index (κ3) is 4.40. The van der Waals surface area contributed by atoms with Crippen molar-refractivity contribution in [1.82, 2.24) is 10.2 Å². The maximum atomic E-state index is 12.4. The van der Waals surface area contributed by atoms with Gasteiger partial charge < -0.3 is 10.4 Å². The lowest BCUT2D eigenvalue weighted by molar-refractivity contribution is 0.0842. The topological polar surface area (TPSA) is 52.6 Å². The Balaban J connectivity index is 1.75. The van der Waals surface area contributed by atoms with Crippen molar-refractivity contribution in [2.75, 3.05) is 25.5 Å². The lowest BCUT2D eigenvalue weighted by Gasteiger charge is -2.38. The maximum absolute atomic E-state index is 12.4. The predicted octanol–water partition coefficient (Wildman–Crippen LogP) is 2.62.